The Labute approximate surface area is 138 Å². The summed E-state index contributed by atoms with van der Waals surface area (Å²) in [5, 5.41) is 10.4. The number of likely N-dealkylation sites (tertiary alicyclic amines) is 1. The number of nitrogens with zero attached hydrogens (tertiary/aromatic N) is 1. The number of carboxylic acids is 1. The van der Waals surface area contributed by atoms with Gasteiger partial charge in [-0.3, -0.25) is 14.5 Å². The lowest BCUT2D eigenvalue weighted by Crippen LogP contribution is -2.41. The van der Waals surface area contributed by atoms with Crippen molar-refractivity contribution in [3.8, 4) is 0 Å². The zero-order chi connectivity index (χ0) is 17.3. The molecule has 1 aliphatic rings. The van der Waals surface area contributed by atoms with Crippen LogP contribution in [0.2, 0.25) is 0 Å². The SMILES string of the molecule is COC(=O)C1CCN([C@H](C(=O)O)c2c[nH]c3cc(F)ccc23)CC1. The Bertz CT molecular complexity index is 765. The number of aliphatic carboxylic acids is 1. The van der Waals surface area contributed by atoms with Gasteiger partial charge in [-0.25, -0.2) is 4.39 Å². The molecule has 2 N–H and O–H groups in total. The van der Waals surface area contributed by atoms with E-state index in [1.54, 1.807) is 12.3 Å². The number of aromatic nitrogens is 1. The van der Waals surface area contributed by atoms with Gasteiger partial charge >= 0.3 is 11.9 Å². The Hall–Kier alpha value is -2.41. The third kappa shape index (κ3) is 2.99. The summed E-state index contributed by atoms with van der Waals surface area (Å²) in [6, 6.07) is 3.43. The van der Waals surface area contributed by atoms with Gasteiger partial charge in [-0.05, 0) is 31.0 Å². The van der Waals surface area contributed by atoms with Gasteiger partial charge in [-0.1, -0.05) is 0 Å². The Morgan fingerprint density at radius 1 is 1.38 bits per heavy atom. The molecule has 6 nitrogen and oxygen atoms in total. The van der Waals surface area contributed by atoms with E-state index >= 15 is 0 Å². The molecule has 0 bridgehead atoms. The molecule has 0 saturated carbocycles. The van der Waals surface area contributed by atoms with Gasteiger partial charge in [0.2, 0.25) is 0 Å². The molecule has 0 amide bonds. The molecule has 2 heterocycles. The van der Waals surface area contributed by atoms with Crippen LogP contribution < -0.4 is 0 Å². The molecule has 1 fully saturated rings. The van der Waals surface area contributed by atoms with Crippen LogP contribution in [-0.2, 0) is 14.3 Å². The highest BCUT2D eigenvalue weighted by Gasteiger charge is 2.34. The van der Waals surface area contributed by atoms with Gasteiger partial charge in [-0.15, -0.1) is 0 Å². The first-order valence-corrected chi connectivity index (χ1v) is 7.82. The number of nitrogens with one attached hydrogen (secondary N) is 1. The minimum Gasteiger partial charge on any atom is -0.480 e. The monoisotopic (exact) mass is 334 g/mol. The Kier molecular flexibility index (Phi) is 4.53. The van der Waals surface area contributed by atoms with E-state index in [0.29, 0.717) is 42.4 Å². The highest BCUT2D eigenvalue weighted by atomic mass is 19.1. The average molecular weight is 334 g/mol. The topological polar surface area (TPSA) is 82.6 Å². The van der Waals surface area contributed by atoms with E-state index in [1.807, 2.05) is 4.90 Å². The molecule has 0 unspecified atom stereocenters. The number of halogens is 1. The summed E-state index contributed by atoms with van der Waals surface area (Å²) in [5.74, 6) is -1.76. The van der Waals surface area contributed by atoms with Crippen molar-refractivity contribution in [1.82, 2.24) is 9.88 Å². The second-order valence-corrected chi connectivity index (χ2v) is 6.01. The number of fused-ring (bicyclic) bond motifs is 1. The number of H-pyrrole nitrogens is 1. The maximum Gasteiger partial charge on any atom is 0.325 e. The smallest absolute Gasteiger partial charge is 0.325 e. The van der Waals surface area contributed by atoms with E-state index in [0.717, 1.165) is 0 Å². The van der Waals surface area contributed by atoms with Crippen molar-refractivity contribution in [3.63, 3.8) is 0 Å². The number of carbonyl (C=O) groups excluding carboxylic acids is 1. The molecule has 0 aliphatic carbocycles. The molecule has 3 rings (SSSR count). The first-order valence-electron chi connectivity index (χ1n) is 7.82. The zero-order valence-electron chi connectivity index (χ0n) is 13.3. The normalized spacial score (nSPS) is 17.8. The number of ether oxygens (including phenoxy) is 1. The Morgan fingerprint density at radius 3 is 2.71 bits per heavy atom. The largest absolute Gasteiger partial charge is 0.480 e. The van der Waals surface area contributed by atoms with Crippen molar-refractivity contribution in [2.75, 3.05) is 20.2 Å². The number of piperidine rings is 1. The molecular formula is C17H19FN2O4. The summed E-state index contributed by atoms with van der Waals surface area (Å²) in [5.41, 5.74) is 1.18. The van der Waals surface area contributed by atoms with Crippen LogP contribution in [0.4, 0.5) is 4.39 Å². The molecule has 128 valence electrons. The molecule has 1 atom stereocenters. The first-order chi connectivity index (χ1) is 11.5. The molecule has 1 aromatic carbocycles. The zero-order valence-corrected chi connectivity index (χ0v) is 13.3. The van der Waals surface area contributed by atoms with Gasteiger partial charge in [0.05, 0.1) is 13.0 Å². The van der Waals surface area contributed by atoms with Gasteiger partial charge in [0.25, 0.3) is 0 Å². The fourth-order valence-corrected chi connectivity index (χ4v) is 3.39. The predicted octanol–water partition coefficient (Wildman–Crippen LogP) is 2.32. The third-order valence-corrected chi connectivity index (χ3v) is 4.63. The number of aromatic amines is 1. The van der Waals surface area contributed by atoms with E-state index < -0.39 is 12.0 Å². The standard InChI is InChI=1S/C17H19FN2O4/c1-24-17(23)10-4-6-20(7-5-10)15(16(21)22)13-9-19-14-8-11(18)2-3-12(13)14/h2-3,8-10,15,19H,4-7H2,1H3,(H,21,22)/t15-/m0/s1. The molecule has 24 heavy (non-hydrogen) atoms. The number of hydrogen-bond donors (Lipinski definition) is 2. The van der Waals surface area contributed by atoms with Crippen LogP contribution >= 0.6 is 0 Å². The minimum absolute atomic E-state index is 0.183. The summed E-state index contributed by atoms with van der Waals surface area (Å²) >= 11 is 0. The van der Waals surface area contributed by atoms with Crippen LogP contribution in [0.25, 0.3) is 10.9 Å². The van der Waals surface area contributed by atoms with E-state index in [9.17, 15) is 19.1 Å². The fourth-order valence-electron chi connectivity index (χ4n) is 3.39. The Balaban J connectivity index is 1.85. The van der Waals surface area contributed by atoms with Gasteiger partial charge < -0.3 is 14.8 Å². The molecule has 1 aromatic heterocycles. The van der Waals surface area contributed by atoms with Crippen LogP contribution in [0.3, 0.4) is 0 Å². The number of benzene rings is 1. The van der Waals surface area contributed by atoms with Crippen LogP contribution in [0, 0.1) is 11.7 Å². The summed E-state index contributed by atoms with van der Waals surface area (Å²) < 4.78 is 18.1. The van der Waals surface area contributed by atoms with Crippen molar-refractivity contribution in [1.29, 1.82) is 0 Å². The number of rotatable bonds is 4. The average Bonchev–Trinajstić information content (AvgIpc) is 2.97. The first kappa shape index (κ1) is 16.4. The highest BCUT2D eigenvalue weighted by molar-refractivity contribution is 5.89. The van der Waals surface area contributed by atoms with Gasteiger partial charge in [-0.2, -0.15) is 0 Å². The number of methoxy groups -OCH3 is 1. The quantitative estimate of drug-likeness (QED) is 0.839. The number of esters is 1. The molecular weight excluding hydrogens is 315 g/mol. The lowest BCUT2D eigenvalue weighted by atomic mass is 9.94. The van der Waals surface area contributed by atoms with Gasteiger partial charge in [0.1, 0.15) is 11.9 Å². The Morgan fingerprint density at radius 2 is 2.08 bits per heavy atom. The van der Waals surface area contributed by atoms with Crippen molar-refractivity contribution < 1.29 is 23.8 Å². The van der Waals surface area contributed by atoms with Gasteiger partial charge in [0, 0.05) is 35.8 Å². The van der Waals surface area contributed by atoms with E-state index in [4.69, 9.17) is 4.74 Å². The molecule has 7 heteroatoms. The van der Waals surface area contributed by atoms with E-state index in [2.05, 4.69) is 4.98 Å². The van der Waals surface area contributed by atoms with Crippen molar-refractivity contribution in [3.05, 3.63) is 35.8 Å². The summed E-state index contributed by atoms with van der Waals surface area (Å²) in [6.07, 6.45) is 2.75. The third-order valence-electron chi connectivity index (χ3n) is 4.63. The van der Waals surface area contributed by atoms with Crippen LogP contribution in [-0.4, -0.2) is 47.1 Å². The van der Waals surface area contributed by atoms with Crippen molar-refractivity contribution in [2.45, 2.75) is 18.9 Å². The number of carboxylic acid groups (broad SMARTS) is 1. The molecule has 1 saturated heterocycles. The van der Waals surface area contributed by atoms with Crippen LogP contribution in [0.5, 0.6) is 0 Å². The summed E-state index contributed by atoms with van der Waals surface area (Å²) in [4.78, 5) is 28.2. The molecule has 1 aliphatic heterocycles. The second kappa shape index (κ2) is 6.60. The van der Waals surface area contributed by atoms with Crippen LogP contribution in [0.15, 0.2) is 24.4 Å². The fraction of sp³-hybridized carbons (Fsp3) is 0.412. The molecule has 2 aromatic rings. The van der Waals surface area contributed by atoms with Crippen LogP contribution in [0.1, 0.15) is 24.4 Å². The van der Waals surface area contributed by atoms with Crippen molar-refractivity contribution >= 4 is 22.8 Å². The maximum absolute atomic E-state index is 13.3. The minimum atomic E-state index is -0.961. The van der Waals surface area contributed by atoms with E-state index in [-0.39, 0.29) is 17.7 Å². The highest BCUT2D eigenvalue weighted by Crippen LogP contribution is 2.32. The van der Waals surface area contributed by atoms with Crippen molar-refractivity contribution in [2.24, 2.45) is 5.92 Å². The second-order valence-electron chi connectivity index (χ2n) is 6.01. The predicted molar refractivity (Wildman–Crippen MR) is 84.9 cm³/mol. The summed E-state index contributed by atoms with van der Waals surface area (Å²) in [6.45, 7) is 0.981. The number of hydrogen-bond acceptors (Lipinski definition) is 4. The molecule has 0 spiro atoms. The lowest BCUT2D eigenvalue weighted by molar-refractivity contribution is -0.148. The van der Waals surface area contributed by atoms with E-state index in [1.165, 1.54) is 19.2 Å². The van der Waals surface area contributed by atoms with Gasteiger partial charge in [0.15, 0.2) is 0 Å². The lowest BCUT2D eigenvalue weighted by Gasteiger charge is -2.34. The summed E-state index contributed by atoms with van der Waals surface area (Å²) in [7, 11) is 1.36. The maximum atomic E-state index is 13.3. The molecule has 0 radical (unpaired) electrons. The number of carbonyl (C=O) groups is 2.